The smallest absolute Gasteiger partial charge is 0.145 e. The van der Waals surface area contributed by atoms with Crippen LogP contribution in [0.25, 0.3) is 0 Å². The molecule has 74 valence electrons. The number of nitrogens with two attached hydrogens (primary N) is 1. The lowest BCUT2D eigenvalue weighted by Crippen LogP contribution is -2.11. The Morgan fingerprint density at radius 1 is 1.46 bits per heavy atom. The van der Waals surface area contributed by atoms with E-state index in [1.165, 1.54) is 0 Å². The van der Waals surface area contributed by atoms with Crippen molar-refractivity contribution in [2.45, 2.75) is 40.2 Å². The molecule has 0 aliphatic carbocycles. The van der Waals surface area contributed by atoms with E-state index in [-0.39, 0.29) is 0 Å². The quantitative estimate of drug-likeness (QED) is 0.778. The van der Waals surface area contributed by atoms with Crippen molar-refractivity contribution < 1.29 is 0 Å². The van der Waals surface area contributed by atoms with Gasteiger partial charge < -0.3 is 5.73 Å². The van der Waals surface area contributed by atoms with Crippen LogP contribution in [0.1, 0.15) is 38.9 Å². The zero-order chi connectivity index (χ0) is 10.0. The molecule has 1 rings (SSSR count). The van der Waals surface area contributed by atoms with Gasteiger partial charge in [0.2, 0.25) is 0 Å². The van der Waals surface area contributed by atoms with E-state index in [1.807, 2.05) is 17.7 Å². The second kappa shape index (κ2) is 3.81. The third kappa shape index (κ3) is 2.47. The van der Waals surface area contributed by atoms with E-state index in [0.29, 0.717) is 17.8 Å². The fraction of sp³-hybridized carbons (Fsp3) is 0.700. The molecule has 1 unspecified atom stereocenters. The molecule has 0 aliphatic rings. The Labute approximate surface area is 79.9 Å². The van der Waals surface area contributed by atoms with Gasteiger partial charge in [0.1, 0.15) is 5.82 Å². The van der Waals surface area contributed by atoms with Crippen LogP contribution >= 0.6 is 0 Å². The number of hydrogen-bond acceptors (Lipinski definition) is 2. The van der Waals surface area contributed by atoms with Crippen LogP contribution in [-0.2, 0) is 0 Å². The van der Waals surface area contributed by atoms with E-state index in [0.717, 1.165) is 12.1 Å². The molecule has 1 aromatic heterocycles. The van der Waals surface area contributed by atoms with Gasteiger partial charge in [-0.2, -0.15) is 5.10 Å². The van der Waals surface area contributed by atoms with Gasteiger partial charge in [0.15, 0.2) is 0 Å². The highest BCUT2D eigenvalue weighted by Crippen LogP contribution is 2.19. The molecule has 13 heavy (non-hydrogen) atoms. The Morgan fingerprint density at radius 3 is 2.46 bits per heavy atom. The maximum Gasteiger partial charge on any atom is 0.145 e. The van der Waals surface area contributed by atoms with Gasteiger partial charge in [0.05, 0.1) is 0 Å². The minimum atomic E-state index is 0.442. The van der Waals surface area contributed by atoms with Crippen LogP contribution in [0.3, 0.4) is 0 Å². The second-order valence-corrected chi connectivity index (χ2v) is 4.13. The third-order valence-corrected chi connectivity index (χ3v) is 2.17. The zero-order valence-electron chi connectivity index (χ0n) is 8.91. The molecule has 0 radical (unpaired) electrons. The van der Waals surface area contributed by atoms with Crippen molar-refractivity contribution in [3.63, 3.8) is 0 Å². The summed E-state index contributed by atoms with van der Waals surface area (Å²) in [6, 6.07) is 2.36. The summed E-state index contributed by atoms with van der Waals surface area (Å²) in [5, 5.41) is 4.26. The van der Waals surface area contributed by atoms with Crippen molar-refractivity contribution in [2.24, 2.45) is 5.92 Å². The monoisotopic (exact) mass is 181 g/mol. The third-order valence-electron chi connectivity index (χ3n) is 2.17. The summed E-state index contributed by atoms with van der Waals surface area (Å²) in [5.74, 6) is 1.31. The zero-order valence-corrected chi connectivity index (χ0v) is 8.91. The summed E-state index contributed by atoms with van der Waals surface area (Å²) < 4.78 is 2.01. The molecule has 1 atom stereocenters. The molecule has 0 bridgehead atoms. The predicted octanol–water partition coefficient (Wildman–Crippen LogP) is 2.38. The summed E-state index contributed by atoms with van der Waals surface area (Å²) >= 11 is 0. The van der Waals surface area contributed by atoms with Crippen molar-refractivity contribution in [3.8, 4) is 0 Å². The molecule has 0 amide bonds. The Hall–Kier alpha value is -0.990. The van der Waals surface area contributed by atoms with Gasteiger partial charge in [0, 0.05) is 17.8 Å². The highest BCUT2D eigenvalue weighted by atomic mass is 15.3. The molecule has 0 spiro atoms. The molecule has 0 fully saturated rings. The second-order valence-electron chi connectivity index (χ2n) is 4.13. The first-order valence-corrected chi connectivity index (χ1v) is 4.82. The maximum absolute atomic E-state index is 5.62. The molecular formula is C10H19N3. The number of hydrogen-bond donors (Lipinski definition) is 1. The van der Waals surface area contributed by atoms with Crippen molar-refractivity contribution in [2.75, 3.05) is 5.73 Å². The standard InChI is InChI=1S/C10H19N3/c1-7(2)5-8(3)13-9(4)6-10(11)12-13/h6-8H,5H2,1-4H3,(H2,11,12). The molecular weight excluding hydrogens is 162 g/mol. The molecule has 1 heterocycles. The average molecular weight is 181 g/mol. The van der Waals surface area contributed by atoms with Crippen LogP contribution in [0.2, 0.25) is 0 Å². The van der Waals surface area contributed by atoms with Crippen LogP contribution in [0.4, 0.5) is 5.82 Å². The molecule has 0 aromatic carbocycles. The number of rotatable bonds is 3. The van der Waals surface area contributed by atoms with Crippen LogP contribution in [0.15, 0.2) is 6.07 Å². The normalized spacial score (nSPS) is 13.6. The van der Waals surface area contributed by atoms with Crippen LogP contribution < -0.4 is 5.73 Å². The van der Waals surface area contributed by atoms with Crippen LogP contribution in [0.5, 0.6) is 0 Å². The summed E-state index contributed by atoms with van der Waals surface area (Å²) in [6.45, 7) is 8.66. The molecule has 0 aliphatic heterocycles. The van der Waals surface area contributed by atoms with Crippen LogP contribution in [0, 0.1) is 12.8 Å². The summed E-state index contributed by atoms with van der Waals surface area (Å²) in [5.41, 5.74) is 6.76. The Bertz CT molecular complexity index is 276. The number of aromatic nitrogens is 2. The summed E-state index contributed by atoms with van der Waals surface area (Å²) in [6.07, 6.45) is 1.14. The van der Waals surface area contributed by atoms with Gasteiger partial charge in [0.25, 0.3) is 0 Å². The van der Waals surface area contributed by atoms with Crippen molar-refractivity contribution >= 4 is 5.82 Å². The molecule has 2 N–H and O–H groups in total. The highest BCUT2D eigenvalue weighted by Gasteiger charge is 2.10. The first-order valence-electron chi connectivity index (χ1n) is 4.82. The number of nitrogen functional groups attached to an aromatic ring is 1. The van der Waals surface area contributed by atoms with Gasteiger partial charge in [-0.25, -0.2) is 0 Å². The van der Waals surface area contributed by atoms with E-state index in [4.69, 9.17) is 5.73 Å². The lowest BCUT2D eigenvalue weighted by atomic mass is 10.1. The van der Waals surface area contributed by atoms with Gasteiger partial charge in [-0.15, -0.1) is 0 Å². The van der Waals surface area contributed by atoms with E-state index >= 15 is 0 Å². The fourth-order valence-corrected chi connectivity index (χ4v) is 1.74. The van der Waals surface area contributed by atoms with Crippen molar-refractivity contribution in [3.05, 3.63) is 11.8 Å². The van der Waals surface area contributed by atoms with Crippen molar-refractivity contribution in [1.82, 2.24) is 9.78 Å². The molecule has 1 aromatic rings. The SMILES string of the molecule is Cc1cc(N)nn1C(C)CC(C)C. The van der Waals surface area contributed by atoms with E-state index in [1.54, 1.807) is 0 Å². The fourth-order valence-electron chi connectivity index (χ4n) is 1.74. The maximum atomic E-state index is 5.62. The molecule has 3 heteroatoms. The Balaban J connectivity index is 2.76. The molecule has 0 saturated heterocycles. The first-order chi connectivity index (χ1) is 6.00. The summed E-state index contributed by atoms with van der Waals surface area (Å²) in [7, 11) is 0. The van der Waals surface area contributed by atoms with Gasteiger partial charge in [-0.3, -0.25) is 4.68 Å². The topological polar surface area (TPSA) is 43.8 Å². The summed E-state index contributed by atoms with van der Waals surface area (Å²) in [4.78, 5) is 0. The van der Waals surface area contributed by atoms with E-state index in [9.17, 15) is 0 Å². The molecule has 3 nitrogen and oxygen atoms in total. The highest BCUT2D eigenvalue weighted by molar-refractivity contribution is 5.28. The average Bonchev–Trinajstić information content (AvgIpc) is 2.28. The predicted molar refractivity (Wildman–Crippen MR) is 55.5 cm³/mol. The Morgan fingerprint density at radius 2 is 2.08 bits per heavy atom. The van der Waals surface area contributed by atoms with E-state index in [2.05, 4.69) is 25.9 Å². The Kier molecular flexibility index (Phi) is 2.96. The lowest BCUT2D eigenvalue weighted by Gasteiger charge is -2.15. The van der Waals surface area contributed by atoms with Gasteiger partial charge in [-0.05, 0) is 26.2 Å². The largest absolute Gasteiger partial charge is 0.382 e. The van der Waals surface area contributed by atoms with Gasteiger partial charge >= 0.3 is 0 Å². The molecule has 0 saturated carbocycles. The van der Waals surface area contributed by atoms with Crippen molar-refractivity contribution in [1.29, 1.82) is 0 Å². The minimum Gasteiger partial charge on any atom is -0.382 e. The number of anilines is 1. The van der Waals surface area contributed by atoms with Gasteiger partial charge in [-0.1, -0.05) is 13.8 Å². The van der Waals surface area contributed by atoms with E-state index < -0.39 is 0 Å². The van der Waals surface area contributed by atoms with Crippen LogP contribution in [-0.4, -0.2) is 9.78 Å². The lowest BCUT2D eigenvalue weighted by molar-refractivity contribution is 0.393. The number of nitrogens with zero attached hydrogens (tertiary/aromatic N) is 2. The first kappa shape index (κ1) is 10.1. The number of aryl methyl sites for hydroxylation is 1. The minimum absolute atomic E-state index is 0.442.